The molecule has 0 spiro atoms. The monoisotopic (exact) mass is 295 g/mol. The smallest absolute Gasteiger partial charge is 0.253 e. The van der Waals surface area contributed by atoms with E-state index < -0.39 is 0 Å². The molecule has 3 rings (SSSR count). The number of fused-ring (bicyclic) bond motifs is 1. The van der Waals surface area contributed by atoms with Gasteiger partial charge in [-0.05, 0) is 13.0 Å². The molecular weight excluding hydrogens is 278 g/mol. The van der Waals surface area contributed by atoms with E-state index >= 15 is 0 Å². The molecular formula is C16H17N5O. The van der Waals surface area contributed by atoms with Gasteiger partial charge in [0.2, 0.25) is 0 Å². The molecule has 0 aliphatic carbocycles. The highest BCUT2D eigenvalue weighted by Gasteiger charge is 2.14. The molecule has 0 aliphatic rings. The van der Waals surface area contributed by atoms with Crippen LogP contribution in [0.2, 0.25) is 0 Å². The van der Waals surface area contributed by atoms with Crippen LogP contribution < -0.4 is 10.6 Å². The number of amides is 1. The second-order valence-corrected chi connectivity index (χ2v) is 4.94. The van der Waals surface area contributed by atoms with Crippen molar-refractivity contribution in [1.82, 2.24) is 20.3 Å². The number of aryl methyl sites for hydroxylation is 1. The summed E-state index contributed by atoms with van der Waals surface area (Å²) in [6, 6.07) is 7.80. The summed E-state index contributed by atoms with van der Waals surface area (Å²) in [5.74, 6) is 0.621. The summed E-state index contributed by atoms with van der Waals surface area (Å²) in [6.07, 6.45) is 4.88. The van der Waals surface area contributed by atoms with Crippen LogP contribution in [0.4, 0.5) is 5.82 Å². The lowest BCUT2D eigenvalue weighted by atomic mass is 10.1. The molecule has 2 aromatic heterocycles. The number of carbonyl (C=O) groups is 1. The van der Waals surface area contributed by atoms with Gasteiger partial charge in [0.15, 0.2) is 0 Å². The molecule has 0 aliphatic heterocycles. The summed E-state index contributed by atoms with van der Waals surface area (Å²) in [5, 5.41) is 6.96. The van der Waals surface area contributed by atoms with Crippen LogP contribution in [0.15, 0.2) is 42.9 Å². The highest BCUT2D eigenvalue weighted by Crippen LogP contribution is 2.21. The first-order valence-electron chi connectivity index (χ1n) is 7.11. The van der Waals surface area contributed by atoms with Crippen LogP contribution >= 0.6 is 0 Å². The topological polar surface area (TPSA) is 82.7 Å². The Balaban J connectivity index is 1.61. The van der Waals surface area contributed by atoms with Gasteiger partial charge >= 0.3 is 0 Å². The van der Waals surface area contributed by atoms with E-state index in [1.165, 1.54) is 0 Å². The van der Waals surface area contributed by atoms with Gasteiger partial charge in [-0.2, -0.15) is 0 Å². The maximum Gasteiger partial charge on any atom is 0.253 e. The Morgan fingerprint density at radius 2 is 2.09 bits per heavy atom. The second-order valence-electron chi connectivity index (χ2n) is 4.94. The fraction of sp³-hybridized carbons (Fsp3) is 0.188. The minimum Gasteiger partial charge on any atom is -0.367 e. The van der Waals surface area contributed by atoms with Gasteiger partial charge in [0.05, 0.1) is 11.8 Å². The molecule has 6 heteroatoms. The first kappa shape index (κ1) is 14.1. The number of benzene rings is 1. The van der Waals surface area contributed by atoms with Crippen LogP contribution in [0.25, 0.3) is 10.9 Å². The third-order valence-corrected chi connectivity index (χ3v) is 3.40. The Bertz CT molecular complexity index is 782. The third kappa shape index (κ3) is 2.90. The fourth-order valence-corrected chi connectivity index (χ4v) is 2.41. The lowest BCUT2D eigenvalue weighted by Gasteiger charge is -2.07. The van der Waals surface area contributed by atoms with Gasteiger partial charge in [0.1, 0.15) is 5.82 Å². The number of nitrogens with one attached hydrogen (secondary N) is 3. The fourth-order valence-electron chi connectivity index (χ4n) is 2.41. The molecule has 0 saturated heterocycles. The highest BCUT2D eigenvalue weighted by atomic mass is 16.1. The molecule has 0 saturated carbocycles. The van der Waals surface area contributed by atoms with Gasteiger partial charge in [-0.15, -0.1) is 0 Å². The normalized spacial score (nSPS) is 10.6. The zero-order valence-corrected chi connectivity index (χ0v) is 12.3. The van der Waals surface area contributed by atoms with Crippen LogP contribution in [0.5, 0.6) is 0 Å². The Kier molecular flexibility index (Phi) is 4.00. The van der Waals surface area contributed by atoms with Crippen molar-refractivity contribution in [3.8, 4) is 0 Å². The number of hydrogen-bond acceptors (Lipinski definition) is 4. The number of H-pyrrole nitrogens is 1. The van der Waals surface area contributed by atoms with Crippen molar-refractivity contribution in [2.45, 2.75) is 6.92 Å². The highest BCUT2D eigenvalue weighted by molar-refractivity contribution is 6.08. The maximum atomic E-state index is 12.4. The molecule has 0 radical (unpaired) electrons. The van der Waals surface area contributed by atoms with Crippen molar-refractivity contribution in [1.29, 1.82) is 0 Å². The molecule has 3 aromatic rings. The SMILES string of the molecule is Cc1[nH]c2ccccc2c1C(=O)NCCNc1cnccn1. The van der Waals surface area contributed by atoms with E-state index in [-0.39, 0.29) is 5.91 Å². The lowest BCUT2D eigenvalue weighted by Crippen LogP contribution is -2.29. The quantitative estimate of drug-likeness (QED) is 0.630. The standard InChI is InChI=1S/C16H17N5O/c1-11-15(12-4-2-3-5-13(12)21-11)16(22)20-9-8-19-14-10-17-6-7-18-14/h2-7,10,21H,8-9H2,1H3,(H,18,19)(H,20,22). The molecule has 1 amide bonds. The predicted molar refractivity (Wildman–Crippen MR) is 85.9 cm³/mol. The molecule has 0 unspecified atom stereocenters. The summed E-state index contributed by atoms with van der Waals surface area (Å²) in [5.41, 5.74) is 2.55. The van der Waals surface area contributed by atoms with E-state index in [4.69, 9.17) is 0 Å². The number of hydrogen-bond donors (Lipinski definition) is 3. The van der Waals surface area contributed by atoms with Crippen LogP contribution in [0.3, 0.4) is 0 Å². The number of anilines is 1. The third-order valence-electron chi connectivity index (χ3n) is 3.40. The van der Waals surface area contributed by atoms with Gasteiger partial charge in [0.25, 0.3) is 5.91 Å². The van der Waals surface area contributed by atoms with E-state index in [2.05, 4.69) is 25.6 Å². The van der Waals surface area contributed by atoms with Gasteiger partial charge in [-0.3, -0.25) is 9.78 Å². The van der Waals surface area contributed by atoms with Crippen LogP contribution in [-0.4, -0.2) is 33.9 Å². The van der Waals surface area contributed by atoms with Crippen molar-refractivity contribution in [3.63, 3.8) is 0 Å². The van der Waals surface area contributed by atoms with Crippen molar-refractivity contribution in [2.24, 2.45) is 0 Å². The van der Waals surface area contributed by atoms with Gasteiger partial charge in [0, 0.05) is 42.1 Å². The van der Waals surface area contributed by atoms with Crippen molar-refractivity contribution in [3.05, 3.63) is 54.1 Å². The number of aromatic nitrogens is 3. The van der Waals surface area contributed by atoms with Gasteiger partial charge < -0.3 is 15.6 Å². The molecule has 0 bridgehead atoms. The predicted octanol–water partition coefficient (Wildman–Crippen LogP) is 2.11. The Morgan fingerprint density at radius 3 is 2.91 bits per heavy atom. The lowest BCUT2D eigenvalue weighted by molar-refractivity contribution is 0.0956. The summed E-state index contributed by atoms with van der Waals surface area (Å²) in [7, 11) is 0. The zero-order valence-electron chi connectivity index (χ0n) is 12.3. The zero-order chi connectivity index (χ0) is 15.4. The molecule has 22 heavy (non-hydrogen) atoms. The van der Waals surface area contributed by atoms with Crippen molar-refractivity contribution >= 4 is 22.6 Å². The summed E-state index contributed by atoms with van der Waals surface area (Å²) >= 11 is 0. The Morgan fingerprint density at radius 1 is 1.23 bits per heavy atom. The van der Waals surface area contributed by atoms with E-state index in [0.717, 1.165) is 16.6 Å². The van der Waals surface area contributed by atoms with Crippen LogP contribution in [0, 0.1) is 6.92 Å². The molecule has 6 nitrogen and oxygen atoms in total. The summed E-state index contributed by atoms with van der Waals surface area (Å²) in [6.45, 7) is 3.01. The Labute approximate surface area is 128 Å². The molecule has 0 fully saturated rings. The number of carbonyl (C=O) groups excluding carboxylic acids is 1. The van der Waals surface area contributed by atoms with Crippen LogP contribution in [-0.2, 0) is 0 Å². The number of para-hydroxylation sites is 1. The minimum atomic E-state index is -0.0732. The number of nitrogens with zero attached hydrogens (tertiary/aromatic N) is 2. The van der Waals surface area contributed by atoms with Gasteiger partial charge in [-0.1, -0.05) is 18.2 Å². The van der Waals surface area contributed by atoms with Crippen molar-refractivity contribution < 1.29 is 4.79 Å². The molecule has 0 atom stereocenters. The molecule has 2 heterocycles. The maximum absolute atomic E-state index is 12.4. The number of rotatable bonds is 5. The molecule has 3 N–H and O–H groups in total. The first-order chi connectivity index (χ1) is 10.8. The minimum absolute atomic E-state index is 0.0732. The average Bonchev–Trinajstić information content (AvgIpc) is 2.88. The van der Waals surface area contributed by atoms with E-state index in [1.54, 1.807) is 18.6 Å². The Hall–Kier alpha value is -2.89. The van der Waals surface area contributed by atoms with E-state index in [1.807, 2.05) is 31.2 Å². The van der Waals surface area contributed by atoms with E-state index in [0.29, 0.717) is 24.5 Å². The van der Waals surface area contributed by atoms with Gasteiger partial charge in [-0.25, -0.2) is 4.98 Å². The molecule has 112 valence electrons. The van der Waals surface area contributed by atoms with Crippen LogP contribution in [0.1, 0.15) is 16.1 Å². The number of aromatic amines is 1. The van der Waals surface area contributed by atoms with E-state index in [9.17, 15) is 4.79 Å². The average molecular weight is 295 g/mol. The first-order valence-corrected chi connectivity index (χ1v) is 7.11. The second kappa shape index (κ2) is 6.26. The van der Waals surface area contributed by atoms with Crippen molar-refractivity contribution in [2.75, 3.05) is 18.4 Å². The largest absolute Gasteiger partial charge is 0.367 e. The summed E-state index contributed by atoms with van der Waals surface area (Å²) < 4.78 is 0. The summed E-state index contributed by atoms with van der Waals surface area (Å²) in [4.78, 5) is 23.7. The molecule has 1 aromatic carbocycles.